The van der Waals surface area contributed by atoms with Gasteiger partial charge in [-0.15, -0.1) is 0 Å². The molecule has 7 nitrogen and oxygen atoms in total. The Balaban J connectivity index is 1.48. The van der Waals surface area contributed by atoms with Crippen LogP contribution in [-0.4, -0.2) is 41.6 Å². The molecule has 0 fully saturated rings. The van der Waals surface area contributed by atoms with E-state index in [-0.39, 0.29) is 18.3 Å². The van der Waals surface area contributed by atoms with Gasteiger partial charge in [0.05, 0.1) is 7.11 Å². The Kier molecular flexibility index (Phi) is 6.21. The maximum absolute atomic E-state index is 13.0. The summed E-state index contributed by atoms with van der Waals surface area (Å²) < 4.78 is 28.8. The third kappa shape index (κ3) is 5.06. The highest BCUT2D eigenvalue weighted by Gasteiger charge is 2.14. The van der Waals surface area contributed by atoms with Gasteiger partial charge in [-0.1, -0.05) is 5.16 Å². The Hall–Kier alpha value is -3.42. The van der Waals surface area contributed by atoms with Gasteiger partial charge in [-0.2, -0.15) is 4.98 Å². The predicted molar refractivity (Wildman–Crippen MR) is 98.7 cm³/mol. The Morgan fingerprint density at radius 2 is 1.79 bits per heavy atom. The number of nitrogens with zero attached hydrogens (tertiary/aromatic N) is 3. The molecule has 1 heterocycles. The second kappa shape index (κ2) is 8.98. The van der Waals surface area contributed by atoms with Crippen LogP contribution in [-0.2, 0) is 13.0 Å². The molecule has 0 saturated heterocycles. The molecule has 2 aromatic carbocycles. The summed E-state index contributed by atoms with van der Waals surface area (Å²) in [6, 6.07) is 12.6. The van der Waals surface area contributed by atoms with Crippen molar-refractivity contribution in [2.45, 2.75) is 13.0 Å². The second-order valence-corrected chi connectivity index (χ2v) is 6.05. The molecule has 0 N–H and O–H groups in total. The molecular formula is C20H20FN3O4. The van der Waals surface area contributed by atoms with Gasteiger partial charge in [0.2, 0.25) is 0 Å². The molecule has 0 aliphatic heterocycles. The number of aromatic nitrogens is 2. The van der Waals surface area contributed by atoms with Gasteiger partial charge in [0.1, 0.15) is 17.3 Å². The van der Waals surface area contributed by atoms with E-state index < -0.39 is 0 Å². The Labute approximate surface area is 161 Å². The minimum Gasteiger partial charge on any atom is -0.497 e. The molecule has 0 bridgehead atoms. The lowest BCUT2D eigenvalue weighted by Gasteiger charge is -2.16. The first kappa shape index (κ1) is 19.3. The van der Waals surface area contributed by atoms with Gasteiger partial charge in [-0.3, -0.25) is 4.79 Å². The van der Waals surface area contributed by atoms with Crippen LogP contribution in [0.2, 0.25) is 0 Å². The highest BCUT2D eigenvalue weighted by Crippen LogP contribution is 2.18. The zero-order chi connectivity index (χ0) is 19.9. The van der Waals surface area contributed by atoms with E-state index in [0.717, 1.165) is 5.75 Å². The first-order valence-electron chi connectivity index (χ1n) is 8.64. The van der Waals surface area contributed by atoms with Crippen molar-refractivity contribution in [2.75, 3.05) is 20.7 Å². The van der Waals surface area contributed by atoms with Crippen LogP contribution in [0.5, 0.6) is 11.5 Å². The predicted octanol–water partition coefficient (Wildman–Crippen LogP) is 3.11. The van der Waals surface area contributed by atoms with Crippen LogP contribution in [0, 0.1) is 5.82 Å². The number of carbonyl (C=O) groups is 1. The van der Waals surface area contributed by atoms with Crippen LogP contribution in [0.3, 0.4) is 0 Å². The molecule has 8 heteroatoms. The average molecular weight is 385 g/mol. The zero-order valence-electron chi connectivity index (χ0n) is 15.6. The third-order valence-corrected chi connectivity index (χ3v) is 4.04. The van der Waals surface area contributed by atoms with Crippen molar-refractivity contribution in [2.24, 2.45) is 0 Å². The Bertz CT molecular complexity index is 910. The molecule has 0 spiro atoms. The molecule has 28 heavy (non-hydrogen) atoms. The van der Waals surface area contributed by atoms with Crippen LogP contribution in [0.1, 0.15) is 22.1 Å². The fourth-order valence-electron chi connectivity index (χ4n) is 2.45. The molecule has 0 aliphatic carbocycles. The number of methoxy groups -OCH3 is 1. The summed E-state index contributed by atoms with van der Waals surface area (Å²) in [5.74, 6) is 1.64. The van der Waals surface area contributed by atoms with Crippen molar-refractivity contribution in [3.63, 3.8) is 0 Å². The van der Waals surface area contributed by atoms with E-state index >= 15 is 0 Å². The van der Waals surface area contributed by atoms with Gasteiger partial charge < -0.3 is 18.9 Å². The number of hydrogen-bond acceptors (Lipinski definition) is 6. The smallest absolute Gasteiger partial charge is 0.264 e. The SMILES string of the molecule is COc1ccc(OCc2nc(CCN(C)C(=O)c3ccc(F)cc3)no2)cc1. The number of carbonyl (C=O) groups excluding carboxylic acids is 1. The van der Waals surface area contributed by atoms with E-state index in [0.29, 0.717) is 36.0 Å². The third-order valence-electron chi connectivity index (χ3n) is 4.04. The molecule has 1 aromatic heterocycles. The summed E-state index contributed by atoms with van der Waals surface area (Å²) in [6.07, 6.45) is 0.426. The number of hydrogen-bond donors (Lipinski definition) is 0. The quantitative estimate of drug-likeness (QED) is 0.593. The summed E-state index contributed by atoms with van der Waals surface area (Å²) in [5, 5.41) is 3.90. The normalized spacial score (nSPS) is 10.5. The summed E-state index contributed by atoms with van der Waals surface area (Å²) in [5.41, 5.74) is 0.422. The van der Waals surface area contributed by atoms with Crippen LogP contribution in [0.4, 0.5) is 4.39 Å². The zero-order valence-corrected chi connectivity index (χ0v) is 15.6. The fraction of sp³-hybridized carbons (Fsp3) is 0.250. The molecule has 0 saturated carbocycles. The monoisotopic (exact) mass is 385 g/mol. The van der Waals surface area contributed by atoms with E-state index in [1.165, 1.54) is 29.2 Å². The number of benzene rings is 2. The van der Waals surface area contributed by atoms with Gasteiger partial charge in [-0.25, -0.2) is 4.39 Å². The summed E-state index contributed by atoms with van der Waals surface area (Å²) in [7, 11) is 3.26. The maximum atomic E-state index is 13.0. The van der Waals surface area contributed by atoms with Crippen molar-refractivity contribution >= 4 is 5.91 Å². The highest BCUT2D eigenvalue weighted by atomic mass is 19.1. The fourth-order valence-corrected chi connectivity index (χ4v) is 2.45. The number of likely N-dealkylation sites (N-methyl/N-ethyl adjacent to an activating group) is 1. The summed E-state index contributed by atoms with van der Waals surface area (Å²) >= 11 is 0. The molecule has 0 aliphatic rings. The van der Waals surface area contributed by atoms with E-state index in [2.05, 4.69) is 10.1 Å². The molecule has 3 rings (SSSR count). The van der Waals surface area contributed by atoms with Gasteiger partial charge in [0, 0.05) is 25.6 Å². The second-order valence-electron chi connectivity index (χ2n) is 6.05. The van der Waals surface area contributed by atoms with Crippen LogP contribution >= 0.6 is 0 Å². The van der Waals surface area contributed by atoms with Crippen LogP contribution < -0.4 is 9.47 Å². The molecule has 0 atom stereocenters. The molecular weight excluding hydrogens is 365 g/mol. The lowest BCUT2D eigenvalue weighted by Crippen LogP contribution is -2.29. The van der Waals surface area contributed by atoms with Crippen molar-refractivity contribution < 1.29 is 23.2 Å². The van der Waals surface area contributed by atoms with Crippen LogP contribution in [0.15, 0.2) is 53.1 Å². The van der Waals surface area contributed by atoms with Crippen molar-refractivity contribution in [3.8, 4) is 11.5 Å². The topological polar surface area (TPSA) is 77.7 Å². The molecule has 0 radical (unpaired) electrons. The Morgan fingerprint density at radius 3 is 2.46 bits per heavy atom. The first-order valence-corrected chi connectivity index (χ1v) is 8.64. The number of amides is 1. The molecule has 146 valence electrons. The minimum atomic E-state index is -0.379. The number of halogens is 1. The Morgan fingerprint density at radius 1 is 1.11 bits per heavy atom. The van der Waals surface area contributed by atoms with Crippen molar-refractivity contribution in [1.82, 2.24) is 15.0 Å². The van der Waals surface area contributed by atoms with Crippen molar-refractivity contribution in [3.05, 3.63) is 71.6 Å². The molecule has 1 amide bonds. The molecule has 0 unspecified atom stereocenters. The van der Waals surface area contributed by atoms with Gasteiger partial charge >= 0.3 is 0 Å². The van der Waals surface area contributed by atoms with E-state index in [1.807, 2.05) is 0 Å². The van der Waals surface area contributed by atoms with E-state index in [9.17, 15) is 9.18 Å². The largest absolute Gasteiger partial charge is 0.497 e. The first-order chi connectivity index (χ1) is 13.5. The lowest BCUT2D eigenvalue weighted by molar-refractivity contribution is 0.0795. The van der Waals surface area contributed by atoms with Gasteiger partial charge in [0.25, 0.3) is 11.8 Å². The van der Waals surface area contributed by atoms with E-state index in [1.54, 1.807) is 38.4 Å². The molecule has 3 aromatic rings. The summed E-state index contributed by atoms with van der Waals surface area (Å²) in [4.78, 5) is 18.1. The van der Waals surface area contributed by atoms with Crippen LogP contribution in [0.25, 0.3) is 0 Å². The number of rotatable bonds is 8. The van der Waals surface area contributed by atoms with Gasteiger partial charge in [-0.05, 0) is 48.5 Å². The minimum absolute atomic E-state index is 0.143. The lowest BCUT2D eigenvalue weighted by atomic mass is 10.2. The standard InChI is InChI=1S/C20H20FN3O4/c1-24(20(25)14-3-5-15(21)6-4-14)12-11-18-22-19(28-23-18)13-27-17-9-7-16(26-2)8-10-17/h3-10H,11-13H2,1-2H3. The maximum Gasteiger partial charge on any atom is 0.264 e. The average Bonchev–Trinajstić information content (AvgIpc) is 3.19. The van der Waals surface area contributed by atoms with Gasteiger partial charge in [0.15, 0.2) is 12.4 Å². The highest BCUT2D eigenvalue weighted by molar-refractivity contribution is 5.93. The summed E-state index contributed by atoms with van der Waals surface area (Å²) in [6.45, 7) is 0.540. The number of ether oxygens (including phenoxy) is 2. The van der Waals surface area contributed by atoms with Crippen molar-refractivity contribution in [1.29, 1.82) is 0 Å². The van der Waals surface area contributed by atoms with E-state index in [4.69, 9.17) is 14.0 Å².